The van der Waals surface area contributed by atoms with Gasteiger partial charge in [-0.05, 0) is 42.5 Å². The van der Waals surface area contributed by atoms with Crippen LogP contribution in [0.2, 0.25) is 10.0 Å². The first-order valence-electron chi connectivity index (χ1n) is 7.96. The van der Waals surface area contributed by atoms with Crippen molar-refractivity contribution < 1.29 is 14.7 Å². The van der Waals surface area contributed by atoms with Gasteiger partial charge in [-0.3, -0.25) is 4.79 Å². The van der Waals surface area contributed by atoms with E-state index in [0.717, 1.165) is 5.56 Å². The van der Waals surface area contributed by atoms with Gasteiger partial charge < -0.3 is 15.0 Å². The number of hydrogen-bond acceptors (Lipinski definition) is 5. The van der Waals surface area contributed by atoms with Gasteiger partial charge >= 0.3 is 5.97 Å². The van der Waals surface area contributed by atoms with Gasteiger partial charge in [0.15, 0.2) is 11.0 Å². The molecular weight excluding hydrogens is 423 g/mol. The maximum absolute atomic E-state index is 12.2. The van der Waals surface area contributed by atoms with Crippen molar-refractivity contribution in [3.63, 3.8) is 0 Å². The monoisotopic (exact) mass is 436 g/mol. The average molecular weight is 437 g/mol. The third kappa shape index (κ3) is 4.64. The summed E-state index contributed by atoms with van der Waals surface area (Å²) in [5, 5.41) is 21.4. The molecule has 0 fully saturated rings. The Kier molecular flexibility index (Phi) is 6.23. The first-order chi connectivity index (χ1) is 13.3. The molecule has 1 amide bonds. The Morgan fingerprint density at radius 3 is 2.54 bits per heavy atom. The number of aromatic carboxylic acids is 1. The molecule has 3 aromatic rings. The van der Waals surface area contributed by atoms with Crippen molar-refractivity contribution in [2.45, 2.75) is 5.16 Å². The molecule has 1 heterocycles. The van der Waals surface area contributed by atoms with E-state index in [2.05, 4.69) is 15.5 Å². The van der Waals surface area contributed by atoms with E-state index in [0.29, 0.717) is 16.0 Å². The molecule has 0 aliphatic carbocycles. The van der Waals surface area contributed by atoms with Crippen LogP contribution in [0.3, 0.4) is 0 Å². The molecule has 144 valence electrons. The van der Waals surface area contributed by atoms with E-state index in [-0.39, 0.29) is 27.9 Å². The maximum Gasteiger partial charge on any atom is 0.335 e. The normalized spacial score (nSPS) is 10.7. The van der Waals surface area contributed by atoms with E-state index < -0.39 is 5.97 Å². The number of nitrogens with one attached hydrogen (secondary N) is 1. The summed E-state index contributed by atoms with van der Waals surface area (Å²) in [6.07, 6.45) is 0. The smallest absolute Gasteiger partial charge is 0.335 e. The molecule has 0 aliphatic rings. The summed E-state index contributed by atoms with van der Waals surface area (Å²) in [7, 11) is 1.80. The zero-order valence-corrected chi connectivity index (χ0v) is 16.8. The molecule has 7 nitrogen and oxygen atoms in total. The lowest BCUT2D eigenvalue weighted by atomic mass is 10.2. The van der Waals surface area contributed by atoms with Crippen molar-refractivity contribution in [3.8, 4) is 11.4 Å². The molecule has 1 aromatic heterocycles. The van der Waals surface area contributed by atoms with Gasteiger partial charge in [-0.25, -0.2) is 4.79 Å². The number of carboxylic acid groups (broad SMARTS) is 1. The highest BCUT2D eigenvalue weighted by Gasteiger charge is 2.14. The number of carboxylic acids is 1. The van der Waals surface area contributed by atoms with Crippen LogP contribution in [0.1, 0.15) is 10.4 Å². The Morgan fingerprint density at radius 2 is 1.86 bits per heavy atom. The summed E-state index contributed by atoms with van der Waals surface area (Å²) in [6.45, 7) is 0. The van der Waals surface area contributed by atoms with Crippen LogP contribution in [0, 0.1) is 0 Å². The molecule has 0 unspecified atom stereocenters. The molecular formula is C18H14Cl2N4O3S. The van der Waals surface area contributed by atoms with Gasteiger partial charge in [-0.15, -0.1) is 10.2 Å². The van der Waals surface area contributed by atoms with Gasteiger partial charge in [0.1, 0.15) is 0 Å². The first kappa shape index (κ1) is 20.2. The third-order valence-electron chi connectivity index (χ3n) is 3.76. The van der Waals surface area contributed by atoms with Crippen LogP contribution >= 0.6 is 35.0 Å². The lowest BCUT2D eigenvalue weighted by Crippen LogP contribution is -2.15. The Balaban J connectivity index is 1.66. The number of rotatable bonds is 6. The second-order valence-electron chi connectivity index (χ2n) is 5.71. The number of benzene rings is 2. The number of thioether (sulfide) groups is 1. The SMILES string of the molecule is Cn1c(SCC(=O)Nc2cc(C(=O)O)ccc2Cl)nnc1-c1ccc(Cl)cc1. The fourth-order valence-corrected chi connectivity index (χ4v) is 3.36. The minimum atomic E-state index is -1.10. The molecule has 2 aromatic carbocycles. The summed E-state index contributed by atoms with van der Waals surface area (Å²) in [6, 6.07) is 11.3. The zero-order valence-electron chi connectivity index (χ0n) is 14.5. The Bertz CT molecular complexity index is 1040. The molecule has 0 bridgehead atoms. The third-order valence-corrected chi connectivity index (χ3v) is 5.36. The van der Waals surface area contributed by atoms with Gasteiger partial charge in [0, 0.05) is 17.6 Å². The van der Waals surface area contributed by atoms with Crippen LogP contribution < -0.4 is 5.32 Å². The van der Waals surface area contributed by atoms with Crippen molar-refractivity contribution in [1.82, 2.24) is 14.8 Å². The van der Waals surface area contributed by atoms with E-state index in [9.17, 15) is 9.59 Å². The van der Waals surface area contributed by atoms with Crippen LogP contribution in [-0.2, 0) is 11.8 Å². The Hall–Kier alpha value is -2.55. The number of carbonyl (C=O) groups is 2. The molecule has 0 saturated heterocycles. The molecule has 3 rings (SSSR count). The second-order valence-corrected chi connectivity index (χ2v) is 7.49. The van der Waals surface area contributed by atoms with Crippen molar-refractivity contribution in [2.24, 2.45) is 7.05 Å². The molecule has 0 saturated carbocycles. The molecule has 0 radical (unpaired) electrons. The van der Waals surface area contributed by atoms with E-state index in [1.165, 1.54) is 30.0 Å². The van der Waals surface area contributed by atoms with Crippen molar-refractivity contribution >= 4 is 52.5 Å². The largest absolute Gasteiger partial charge is 0.478 e. The summed E-state index contributed by atoms with van der Waals surface area (Å²) < 4.78 is 1.78. The van der Waals surface area contributed by atoms with E-state index in [1.807, 2.05) is 12.1 Å². The van der Waals surface area contributed by atoms with Crippen molar-refractivity contribution in [2.75, 3.05) is 11.1 Å². The predicted molar refractivity (Wildman–Crippen MR) is 109 cm³/mol. The van der Waals surface area contributed by atoms with Gasteiger partial charge in [-0.1, -0.05) is 35.0 Å². The summed E-state index contributed by atoms with van der Waals surface area (Å²) in [5.41, 5.74) is 1.13. The highest BCUT2D eigenvalue weighted by Crippen LogP contribution is 2.26. The van der Waals surface area contributed by atoms with Crippen LogP contribution in [0.4, 0.5) is 5.69 Å². The fraction of sp³-hybridized carbons (Fsp3) is 0.111. The number of carbonyl (C=O) groups excluding carboxylic acids is 1. The summed E-state index contributed by atoms with van der Waals surface area (Å²) >= 11 is 13.1. The van der Waals surface area contributed by atoms with E-state index in [4.69, 9.17) is 28.3 Å². The molecule has 2 N–H and O–H groups in total. The van der Waals surface area contributed by atoms with Crippen LogP contribution in [0.15, 0.2) is 47.6 Å². The second kappa shape index (κ2) is 8.64. The standard InChI is InChI=1S/C18H14Cl2N4O3S/c1-24-16(10-2-5-12(19)6-3-10)22-23-18(24)28-9-15(25)21-14-8-11(17(26)27)4-7-13(14)20/h2-8H,9H2,1H3,(H,21,25)(H,26,27). The maximum atomic E-state index is 12.2. The zero-order chi connectivity index (χ0) is 20.3. The summed E-state index contributed by atoms with van der Waals surface area (Å²) in [5.74, 6) is -0.738. The number of nitrogens with zero attached hydrogens (tertiary/aromatic N) is 3. The van der Waals surface area contributed by atoms with Crippen LogP contribution in [-0.4, -0.2) is 37.5 Å². The Morgan fingerprint density at radius 1 is 1.14 bits per heavy atom. The number of halogens is 2. The van der Waals surface area contributed by atoms with Gasteiger partial charge in [0.2, 0.25) is 5.91 Å². The summed E-state index contributed by atoms with van der Waals surface area (Å²) in [4.78, 5) is 23.3. The van der Waals surface area contributed by atoms with Gasteiger partial charge in [0.25, 0.3) is 0 Å². The predicted octanol–water partition coefficient (Wildman–Crippen LogP) is 4.22. The van der Waals surface area contributed by atoms with Crippen LogP contribution in [0.25, 0.3) is 11.4 Å². The van der Waals surface area contributed by atoms with E-state index in [1.54, 1.807) is 23.7 Å². The fourth-order valence-electron chi connectivity index (χ4n) is 2.36. The molecule has 0 spiro atoms. The van der Waals surface area contributed by atoms with Gasteiger partial charge in [-0.2, -0.15) is 0 Å². The minimum absolute atomic E-state index is 0.0354. The topological polar surface area (TPSA) is 97.1 Å². The minimum Gasteiger partial charge on any atom is -0.478 e. The lowest BCUT2D eigenvalue weighted by molar-refractivity contribution is -0.113. The molecule has 28 heavy (non-hydrogen) atoms. The Labute approximate surface area is 174 Å². The number of aromatic nitrogens is 3. The lowest BCUT2D eigenvalue weighted by Gasteiger charge is -2.08. The molecule has 0 atom stereocenters. The number of amides is 1. The van der Waals surface area contributed by atoms with Crippen molar-refractivity contribution in [3.05, 3.63) is 58.1 Å². The first-order valence-corrected chi connectivity index (χ1v) is 9.70. The molecule has 10 heteroatoms. The van der Waals surface area contributed by atoms with Crippen LogP contribution in [0.5, 0.6) is 0 Å². The van der Waals surface area contributed by atoms with E-state index >= 15 is 0 Å². The molecule has 0 aliphatic heterocycles. The van der Waals surface area contributed by atoms with Gasteiger partial charge in [0.05, 0.1) is 22.0 Å². The average Bonchev–Trinajstić information content (AvgIpc) is 3.03. The van der Waals surface area contributed by atoms with Crippen molar-refractivity contribution in [1.29, 1.82) is 0 Å². The highest BCUT2D eigenvalue weighted by molar-refractivity contribution is 7.99. The quantitative estimate of drug-likeness (QED) is 0.561. The number of anilines is 1. The highest BCUT2D eigenvalue weighted by atomic mass is 35.5. The number of hydrogen-bond donors (Lipinski definition) is 2.